The van der Waals surface area contributed by atoms with E-state index in [1.54, 1.807) is 24.0 Å². The fourth-order valence-electron chi connectivity index (χ4n) is 3.14. The van der Waals surface area contributed by atoms with Gasteiger partial charge in [0.15, 0.2) is 0 Å². The smallest absolute Gasteiger partial charge is 0.263 e. The first-order valence-electron chi connectivity index (χ1n) is 8.77. The maximum absolute atomic E-state index is 12.7. The highest BCUT2D eigenvalue weighted by Crippen LogP contribution is 2.30. The zero-order valence-corrected chi connectivity index (χ0v) is 16.8. The van der Waals surface area contributed by atoms with Crippen LogP contribution in [-0.2, 0) is 14.8 Å². The number of nitrogens with one attached hydrogen (secondary N) is 1. The predicted octanol–water partition coefficient (Wildman–Crippen LogP) is 3.44. The van der Waals surface area contributed by atoms with Gasteiger partial charge in [-0.2, -0.15) is 0 Å². The van der Waals surface area contributed by atoms with E-state index in [2.05, 4.69) is 14.9 Å². The molecule has 7 nitrogen and oxygen atoms in total. The molecule has 4 rings (SSSR count). The highest BCUT2D eigenvalue weighted by Gasteiger charge is 2.24. The van der Waals surface area contributed by atoms with E-state index in [1.165, 1.54) is 17.4 Å². The van der Waals surface area contributed by atoms with E-state index in [0.717, 1.165) is 23.2 Å². The van der Waals surface area contributed by atoms with Crippen LogP contribution in [-0.4, -0.2) is 31.1 Å². The van der Waals surface area contributed by atoms with Crippen molar-refractivity contribution in [2.75, 3.05) is 16.2 Å². The van der Waals surface area contributed by atoms with Crippen LogP contribution in [0.5, 0.6) is 0 Å². The normalized spacial score (nSPS) is 14.5. The average Bonchev–Trinajstić information content (AvgIpc) is 3.31. The van der Waals surface area contributed by atoms with Gasteiger partial charge in [-0.1, -0.05) is 41.7 Å². The van der Waals surface area contributed by atoms with Crippen molar-refractivity contribution in [3.05, 3.63) is 54.1 Å². The Morgan fingerprint density at radius 1 is 1.11 bits per heavy atom. The third-order valence-corrected chi connectivity index (χ3v) is 6.86. The summed E-state index contributed by atoms with van der Waals surface area (Å²) in [4.78, 5) is 13.8. The number of carbonyl (C=O) groups is 1. The molecule has 1 aliphatic heterocycles. The molecule has 3 aromatic rings. The van der Waals surface area contributed by atoms with Gasteiger partial charge in [0.2, 0.25) is 11.0 Å². The van der Waals surface area contributed by atoms with Crippen LogP contribution in [0.3, 0.4) is 0 Å². The lowest BCUT2D eigenvalue weighted by Crippen LogP contribution is -2.24. The summed E-state index contributed by atoms with van der Waals surface area (Å²) in [5.41, 5.74) is 2.37. The number of anilines is 2. The summed E-state index contributed by atoms with van der Waals surface area (Å²) in [6, 6.07) is 14.2. The SMILES string of the molecule is Cc1cc(S(=O)(=O)Nc2nnc(-c3ccccc3)s2)ccc1N1CCCC1=O. The summed E-state index contributed by atoms with van der Waals surface area (Å²) in [6.45, 7) is 2.47. The zero-order valence-electron chi connectivity index (χ0n) is 15.1. The Balaban J connectivity index is 1.56. The molecule has 1 fully saturated rings. The largest absolute Gasteiger partial charge is 0.312 e. The quantitative estimate of drug-likeness (QED) is 0.690. The Morgan fingerprint density at radius 3 is 2.57 bits per heavy atom. The van der Waals surface area contributed by atoms with Crippen LogP contribution in [0.2, 0.25) is 0 Å². The Labute approximate surface area is 167 Å². The van der Waals surface area contributed by atoms with Gasteiger partial charge in [0.1, 0.15) is 5.01 Å². The molecule has 1 aromatic heterocycles. The van der Waals surface area contributed by atoms with Gasteiger partial charge in [0.05, 0.1) is 4.90 Å². The molecule has 9 heteroatoms. The van der Waals surface area contributed by atoms with E-state index in [4.69, 9.17) is 0 Å². The molecule has 1 saturated heterocycles. The van der Waals surface area contributed by atoms with Crippen molar-refractivity contribution in [3.8, 4) is 10.6 Å². The van der Waals surface area contributed by atoms with Gasteiger partial charge in [0, 0.05) is 24.2 Å². The molecule has 0 radical (unpaired) electrons. The van der Waals surface area contributed by atoms with Gasteiger partial charge in [-0.3, -0.25) is 9.52 Å². The van der Waals surface area contributed by atoms with Gasteiger partial charge in [-0.15, -0.1) is 10.2 Å². The monoisotopic (exact) mass is 414 g/mol. The van der Waals surface area contributed by atoms with Crippen molar-refractivity contribution < 1.29 is 13.2 Å². The van der Waals surface area contributed by atoms with E-state index in [9.17, 15) is 13.2 Å². The first-order chi connectivity index (χ1) is 13.4. The van der Waals surface area contributed by atoms with E-state index in [1.807, 2.05) is 30.3 Å². The van der Waals surface area contributed by atoms with Crippen molar-refractivity contribution in [2.24, 2.45) is 0 Å². The predicted molar refractivity (Wildman–Crippen MR) is 109 cm³/mol. The summed E-state index contributed by atoms with van der Waals surface area (Å²) in [5, 5.41) is 8.84. The van der Waals surface area contributed by atoms with E-state index < -0.39 is 10.0 Å². The van der Waals surface area contributed by atoms with Gasteiger partial charge in [-0.25, -0.2) is 8.42 Å². The number of nitrogens with zero attached hydrogens (tertiary/aromatic N) is 3. The average molecular weight is 415 g/mol. The molecule has 1 aliphatic rings. The maximum Gasteiger partial charge on any atom is 0.263 e. The molecule has 144 valence electrons. The molecular formula is C19H18N4O3S2. The van der Waals surface area contributed by atoms with E-state index in [0.29, 0.717) is 18.0 Å². The summed E-state index contributed by atoms with van der Waals surface area (Å²) >= 11 is 1.17. The van der Waals surface area contributed by atoms with Crippen LogP contribution in [0.4, 0.5) is 10.8 Å². The zero-order chi connectivity index (χ0) is 19.7. The molecule has 0 bridgehead atoms. The van der Waals surface area contributed by atoms with Gasteiger partial charge < -0.3 is 4.90 Å². The number of aryl methyl sites for hydroxylation is 1. The van der Waals surface area contributed by atoms with Crippen molar-refractivity contribution in [1.29, 1.82) is 0 Å². The van der Waals surface area contributed by atoms with Crippen molar-refractivity contribution >= 4 is 38.1 Å². The molecule has 0 spiro atoms. The number of sulfonamides is 1. The molecule has 0 unspecified atom stereocenters. The summed E-state index contributed by atoms with van der Waals surface area (Å²) in [6.07, 6.45) is 1.35. The lowest BCUT2D eigenvalue weighted by atomic mass is 10.2. The first-order valence-corrected chi connectivity index (χ1v) is 11.1. The van der Waals surface area contributed by atoms with Gasteiger partial charge >= 0.3 is 0 Å². The maximum atomic E-state index is 12.7. The molecule has 1 amide bonds. The van der Waals surface area contributed by atoms with Crippen molar-refractivity contribution in [1.82, 2.24) is 10.2 Å². The number of benzene rings is 2. The molecule has 28 heavy (non-hydrogen) atoms. The Bertz CT molecular complexity index is 1130. The van der Waals surface area contributed by atoms with Crippen LogP contribution in [0.15, 0.2) is 53.4 Å². The molecule has 0 aliphatic carbocycles. The fourth-order valence-corrected chi connectivity index (χ4v) is 5.20. The Hall–Kier alpha value is -2.78. The highest BCUT2D eigenvalue weighted by atomic mass is 32.2. The fraction of sp³-hybridized carbons (Fsp3) is 0.211. The van der Waals surface area contributed by atoms with Crippen molar-refractivity contribution in [3.63, 3.8) is 0 Å². The van der Waals surface area contributed by atoms with E-state index >= 15 is 0 Å². The van der Waals surface area contributed by atoms with Crippen LogP contribution < -0.4 is 9.62 Å². The topological polar surface area (TPSA) is 92.3 Å². The van der Waals surface area contributed by atoms with Crippen molar-refractivity contribution in [2.45, 2.75) is 24.7 Å². The molecule has 0 saturated carbocycles. The van der Waals surface area contributed by atoms with Crippen LogP contribution in [0, 0.1) is 6.92 Å². The molecular weight excluding hydrogens is 396 g/mol. The summed E-state index contributed by atoms with van der Waals surface area (Å²) < 4.78 is 28.0. The second-order valence-electron chi connectivity index (χ2n) is 6.48. The number of aromatic nitrogens is 2. The first kappa shape index (κ1) is 18.6. The Morgan fingerprint density at radius 2 is 1.89 bits per heavy atom. The van der Waals surface area contributed by atoms with Crippen LogP contribution in [0.25, 0.3) is 10.6 Å². The minimum atomic E-state index is -3.80. The second kappa shape index (κ2) is 7.33. The van der Waals surface area contributed by atoms with Crippen LogP contribution >= 0.6 is 11.3 Å². The standard InChI is InChI=1S/C19H18N4O3S2/c1-13-12-15(9-10-16(13)23-11-5-8-17(23)24)28(25,26)22-19-21-20-18(27-19)14-6-3-2-4-7-14/h2-4,6-7,9-10,12H,5,8,11H2,1H3,(H,21,22). The second-order valence-corrected chi connectivity index (χ2v) is 9.14. The lowest BCUT2D eigenvalue weighted by molar-refractivity contribution is -0.117. The van der Waals surface area contributed by atoms with E-state index in [-0.39, 0.29) is 15.9 Å². The number of carbonyl (C=O) groups excluding carboxylic acids is 1. The lowest BCUT2D eigenvalue weighted by Gasteiger charge is -2.19. The highest BCUT2D eigenvalue weighted by molar-refractivity contribution is 7.93. The minimum absolute atomic E-state index is 0.0686. The minimum Gasteiger partial charge on any atom is -0.312 e. The molecule has 2 aromatic carbocycles. The third kappa shape index (κ3) is 3.63. The van der Waals surface area contributed by atoms with Gasteiger partial charge in [0.25, 0.3) is 10.0 Å². The number of amides is 1. The Kier molecular flexibility index (Phi) is 4.86. The number of rotatable bonds is 5. The summed E-state index contributed by atoms with van der Waals surface area (Å²) in [5.74, 6) is 0.0686. The third-order valence-electron chi connectivity index (χ3n) is 4.51. The van der Waals surface area contributed by atoms with Crippen LogP contribution in [0.1, 0.15) is 18.4 Å². The molecule has 0 atom stereocenters. The molecule has 1 N–H and O–H groups in total. The summed E-state index contributed by atoms with van der Waals surface area (Å²) in [7, 11) is -3.80. The number of hydrogen-bond donors (Lipinski definition) is 1. The number of hydrogen-bond acceptors (Lipinski definition) is 6. The van der Waals surface area contributed by atoms with Gasteiger partial charge in [-0.05, 0) is 37.1 Å². The molecule has 2 heterocycles.